The van der Waals surface area contributed by atoms with Crippen LogP contribution in [0.15, 0.2) is 30.3 Å². The van der Waals surface area contributed by atoms with Crippen LogP contribution in [0.5, 0.6) is 0 Å². The predicted octanol–water partition coefficient (Wildman–Crippen LogP) is 3.97. The fraction of sp³-hybridized carbons (Fsp3) is 0.667. The molecule has 3 nitrogen and oxygen atoms in total. The van der Waals surface area contributed by atoms with E-state index >= 15 is 0 Å². The van der Waals surface area contributed by atoms with Crippen LogP contribution in [0.1, 0.15) is 56.9 Å². The smallest absolute Gasteiger partial charge is 0.225 e. The monoisotopic (exact) mass is 362 g/mol. The maximum atomic E-state index is 13.2. The molecule has 4 unspecified atom stereocenters. The Morgan fingerprint density at radius 1 is 1.08 bits per heavy atom. The summed E-state index contributed by atoms with van der Waals surface area (Å²) in [6.07, 6.45) is 6.90. The van der Waals surface area contributed by atoms with Crippen molar-refractivity contribution >= 4 is 18.3 Å². The molecule has 0 aromatic heterocycles. The average molecular weight is 363 g/mol. The van der Waals surface area contributed by atoms with Gasteiger partial charge >= 0.3 is 0 Å². The van der Waals surface area contributed by atoms with Crippen molar-refractivity contribution in [2.75, 3.05) is 6.54 Å². The maximum Gasteiger partial charge on any atom is 0.225 e. The van der Waals surface area contributed by atoms with Crippen LogP contribution in [0, 0.1) is 17.8 Å². The Balaban J connectivity index is 0.00000182. The number of carbonyl (C=O) groups excluding carboxylic acids is 1. The molecule has 1 aromatic carbocycles. The third-order valence-corrected chi connectivity index (χ3v) is 7.03. The van der Waals surface area contributed by atoms with E-state index in [-0.39, 0.29) is 18.3 Å². The highest BCUT2D eigenvalue weighted by Gasteiger charge is 2.44. The van der Waals surface area contributed by atoms with E-state index in [0.717, 1.165) is 25.8 Å². The maximum absolute atomic E-state index is 13.2. The number of rotatable bonds is 2. The first-order valence-electron chi connectivity index (χ1n) is 9.76. The predicted molar refractivity (Wildman–Crippen MR) is 104 cm³/mol. The first-order chi connectivity index (χ1) is 11.6. The second-order valence-corrected chi connectivity index (χ2v) is 8.27. The van der Waals surface area contributed by atoms with Crippen molar-refractivity contribution in [2.45, 2.75) is 63.5 Å². The molecule has 1 aromatic rings. The summed E-state index contributed by atoms with van der Waals surface area (Å²) in [5.74, 6) is 2.27. The normalized spacial score (nSPS) is 37.4. The molecular weight excluding hydrogens is 332 g/mol. The molecule has 2 N–H and O–H groups in total. The summed E-state index contributed by atoms with van der Waals surface area (Å²) in [6, 6.07) is 11.4. The summed E-state index contributed by atoms with van der Waals surface area (Å²) < 4.78 is 0. The number of nitrogens with zero attached hydrogens (tertiary/aromatic N) is 1. The van der Waals surface area contributed by atoms with Gasteiger partial charge in [0.1, 0.15) is 0 Å². The highest BCUT2D eigenvalue weighted by atomic mass is 35.5. The summed E-state index contributed by atoms with van der Waals surface area (Å²) in [7, 11) is 0. The SMILES string of the molecule is CC1C(c2ccccc2)CCN1C(=O)C1CC2CCCC(C1)C2N.Cl. The molecule has 1 saturated heterocycles. The summed E-state index contributed by atoms with van der Waals surface area (Å²) in [6.45, 7) is 3.15. The van der Waals surface area contributed by atoms with Crippen LogP contribution in [0.3, 0.4) is 0 Å². The van der Waals surface area contributed by atoms with E-state index in [1.807, 2.05) is 0 Å². The second kappa shape index (κ2) is 7.67. The van der Waals surface area contributed by atoms with E-state index < -0.39 is 0 Å². The summed E-state index contributed by atoms with van der Waals surface area (Å²) in [5, 5.41) is 0. The van der Waals surface area contributed by atoms with Crippen LogP contribution in [0.4, 0.5) is 0 Å². The number of halogens is 1. The van der Waals surface area contributed by atoms with Crippen molar-refractivity contribution in [2.24, 2.45) is 23.5 Å². The van der Waals surface area contributed by atoms with Crippen molar-refractivity contribution in [3.8, 4) is 0 Å². The molecule has 2 bridgehead atoms. The van der Waals surface area contributed by atoms with E-state index in [9.17, 15) is 4.79 Å². The van der Waals surface area contributed by atoms with Crippen LogP contribution in [0.2, 0.25) is 0 Å². The Labute approximate surface area is 157 Å². The Hall–Kier alpha value is -1.06. The molecule has 1 heterocycles. The number of carbonyl (C=O) groups is 1. The third kappa shape index (κ3) is 3.46. The van der Waals surface area contributed by atoms with E-state index in [1.165, 1.54) is 24.8 Å². The molecule has 3 fully saturated rings. The molecule has 2 saturated carbocycles. The van der Waals surface area contributed by atoms with Crippen molar-refractivity contribution in [3.05, 3.63) is 35.9 Å². The lowest BCUT2D eigenvalue weighted by molar-refractivity contribution is -0.139. The van der Waals surface area contributed by atoms with Gasteiger partial charge in [-0.05, 0) is 56.4 Å². The largest absolute Gasteiger partial charge is 0.339 e. The van der Waals surface area contributed by atoms with Gasteiger partial charge in [-0.3, -0.25) is 4.79 Å². The Kier molecular flexibility index (Phi) is 5.75. The number of hydrogen-bond donors (Lipinski definition) is 1. The molecule has 138 valence electrons. The minimum absolute atomic E-state index is 0. The summed E-state index contributed by atoms with van der Waals surface area (Å²) in [4.78, 5) is 15.4. The fourth-order valence-corrected chi connectivity index (χ4v) is 5.62. The van der Waals surface area contributed by atoms with Crippen LogP contribution < -0.4 is 5.73 Å². The minimum atomic E-state index is 0. The third-order valence-electron chi connectivity index (χ3n) is 7.03. The molecule has 4 heteroatoms. The molecule has 25 heavy (non-hydrogen) atoms. The molecule has 4 rings (SSSR count). The molecule has 2 aliphatic carbocycles. The van der Waals surface area contributed by atoms with Crippen LogP contribution >= 0.6 is 12.4 Å². The zero-order valence-corrected chi connectivity index (χ0v) is 16.0. The van der Waals surface area contributed by atoms with Crippen molar-refractivity contribution in [1.82, 2.24) is 4.90 Å². The van der Waals surface area contributed by atoms with E-state index in [2.05, 4.69) is 42.2 Å². The lowest BCUT2D eigenvalue weighted by Crippen LogP contribution is -2.50. The van der Waals surface area contributed by atoms with Gasteiger partial charge < -0.3 is 10.6 Å². The topological polar surface area (TPSA) is 46.3 Å². The van der Waals surface area contributed by atoms with Gasteiger partial charge in [0, 0.05) is 30.5 Å². The zero-order valence-electron chi connectivity index (χ0n) is 15.1. The number of likely N-dealkylation sites (tertiary alicyclic amines) is 1. The fourth-order valence-electron chi connectivity index (χ4n) is 5.62. The number of hydrogen-bond acceptors (Lipinski definition) is 2. The molecule has 3 aliphatic rings. The van der Waals surface area contributed by atoms with Gasteiger partial charge in [0.05, 0.1) is 0 Å². The van der Waals surface area contributed by atoms with Gasteiger partial charge in [0.2, 0.25) is 5.91 Å². The van der Waals surface area contributed by atoms with Crippen molar-refractivity contribution < 1.29 is 4.79 Å². The number of amides is 1. The van der Waals surface area contributed by atoms with Crippen molar-refractivity contribution in [1.29, 1.82) is 0 Å². The lowest BCUT2D eigenvalue weighted by Gasteiger charge is -2.44. The summed E-state index contributed by atoms with van der Waals surface area (Å²) in [5.41, 5.74) is 7.78. The van der Waals surface area contributed by atoms with Gasteiger partial charge in [-0.25, -0.2) is 0 Å². The van der Waals surface area contributed by atoms with Crippen LogP contribution in [-0.4, -0.2) is 29.4 Å². The average Bonchev–Trinajstić information content (AvgIpc) is 2.96. The number of nitrogens with two attached hydrogens (primary N) is 1. The van der Waals surface area contributed by atoms with E-state index in [0.29, 0.717) is 35.7 Å². The minimum Gasteiger partial charge on any atom is -0.339 e. The number of benzene rings is 1. The first-order valence-corrected chi connectivity index (χ1v) is 9.76. The quantitative estimate of drug-likeness (QED) is 0.865. The molecule has 4 atom stereocenters. The van der Waals surface area contributed by atoms with Gasteiger partial charge in [-0.1, -0.05) is 36.8 Å². The van der Waals surface area contributed by atoms with Crippen LogP contribution in [0.25, 0.3) is 0 Å². The zero-order chi connectivity index (χ0) is 16.7. The standard InChI is InChI=1S/C21H30N2O.ClH/c1-14-19(15-6-3-2-4-7-15)10-11-23(14)21(24)18-12-16-8-5-9-17(13-18)20(16)22;/h2-4,6-7,14,16-20H,5,8-13,22H2,1H3;1H. The van der Waals surface area contributed by atoms with Crippen LogP contribution in [-0.2, 0) is 4.79 Å². The summed E-state index contributed by atoms with van der Waals surface area (Å²) >= 11 is 0. The van der Waals surface area contributed by atoms with Crippen molar-refractivity contribution in [3.63, 3.8) is 0 Å². The number of fused-ring (bicyclic) bond motifs is 2. The molecular formula is C21H31ClN2O. The Morgan fingerprint density at radius 3 is 2.36 bits per heavy atom. The molecule has 1 amide bonds. The second-order valence-electron chi connectivity index (χ2n) is 8.27. The molecule has 1 aliphatic heterocycles. The van der Waals surface area contributed by atoms with Gasteiger partial charge in [0.25, 0.3) is 0 Å². The lowest BCUT2D eigenvalue weighted by atomic mass is 9.65. The van der Waals surface area contributed by atoms with Gasteiger partial charge in [-0.2, -0.15) is 0 Å². The van der Waals surface area contributed by atoms with E-state index in [4.69, 9.17) is 5.73 Å². The van der Waals surface area contributed by atoms with Gasteiger partial charge in [0.15, 0.2) is 0 Å². The molecule has 0 radical (unpaired) electrons. The highest BCUT2D eigenvalue weighted by molar-refractivity contribution is 5.85. The Morgan fingerprint density at radius 2 is 1.72 bits per heavy atom. The first kappa shape index (κ1) is 18.7. The highest BCUT2D eigenvalue weighted by Crippen LogP contribution is 2.43. The Bertz CT molecular complexity index is 579. The van der Waals surface area contributed by atoms with Gasteiger partial charge in [-0.15, -0.1) is 12.4 Å². The van der Waals surface area contributed by atoms with E-state index in [1.54, 1.807) is 0 Å². The molecule has 0 spiro atoms.